The number of rotatable bonds is 7. The molecule has 0 aliphatic carbocycles. The van der Waals surface area contributed by atoms with E-state index in [0.29, 0.717) is 25.2 Å². The standard InChI is InChI=1S/C17H20N6O3/c1-12-14(13(2)26-21-12)4-6-16(24)18-9-11-23-17(25)7-5-15(20-23)22-10-3-8-19-22/h3,5,7-8,10H,4,6,9,11H2,1-2H3,(H,18,24). The highest BCUT2D eigenvalue weighted by molar-refractivity contribution is 5.76. The fourth-order valence-corrected chi connectivity index (χ4v) is 2.61. The minimum Gasteiger partial charge on any atom is -0.361 e. The molecule has 0 aliphatic rings. The Morgan fingerprint density at radius 1 is 1.31 bits per heavy atom. The fourth-order valence-electron chi connectivity index (χ4n) is 2.61. The second-order valence-electron chi connectivity index (χ2n) is 5.86. The van der Waals surface area contributed by atoms with Gasteiger partial charge in [0.05, 0.1) is 12.2 Å². The lowest BCUT2D eigenvalue weighted by atomic mass is 10.1. The summed E-state index contributed by atoms with van der Waals surface area (Å²) in [5.74, 6) is 1.18. The van der Waals surface area contributed by atoms with Crippen LogP contribution in [-0.4, -0.2) is 37.2 Å². The molecule has 0 bridgehead atoms. The largest absolute Gasteiger partial charge is 0.361 e. The van der Waals surface area contributed by atoms with Gasteiger partial charge in [-0.25, -0.2) is 9.36 Å². The van der Waals surface area contributed by atoms with Crippen molar-refractivity contribution in [3.05, 3.63) is 58.0 Å². The number of hydrogen-bond donors (Lipinski definition) is 1. The average Bonchev–Trinajstić information content (AvgIpc) is 3.26. The summed E-state index contributed by atoms with van der Waals surface area (Å²) in [6.07, 6.45) is 4.28. The lowest BCUT2D eigenvalue weighted by molar-refractivity contribution is -0.121. The predicted octanol–water partition coefficient (Wildman–Crippen LogP) is 0.783. The molecule has 136 valence electrons. The normalized spacial score (nSPS) is 10.8. The van der Waals surface area contributed by atoms with Crippen molar-refractivity contribution in [3.63, 3.8) is 0 Å². The van der Waals surface area contributed by atoms with E-state index >= 15 is 0 Å². The molecule has 26 heavy (non-hydrogen) atoms. The summed E-state index contributed by atoms with van der Waals surface area (Å²) in [4.78, 5) is 23.9. The molecule has 9 nitrogen and oxygen atoms in total. The number of carbonyl (C=O) groups excluding carboxylic acids is 1. The first-order valence-corrected chi connectivity index (χ1v) is 8.31. The first-order valence-electron chi connectivity index (χ1n) is 8.31. The lowest BCUT2D eigenvalue weighted by Crippen LogP contribution is -2.32. The lowest BCUT2D eigenvalue weighted by Gasteiger charge is -2.08. The number of aryl methyl sites for hydroxylation is 2. The first-order chi connectivity index (χ1) is 12.5. The van der Waals surface area contributed by atoms with Gasteiger partial charge < -0.3 is 9.84 Å². The zero-order valence-electron chi connectivity index (χ0n) is 14.7. The molecule has 0 radical (unpaired) electrons. The van der Waals surface area contributed by atoms with Crippen molar-refractivity contribution in [1.29, 1.82) is 0 Å². The van der Waals surface area contributed by atoms with Crippen molar-refractivity contribution in [2.45, 2.75) is 33.2 Å². The van der Waals surface area contributed by atoms with Gasteiger partial charge in [-0.2, -0.15) is 5.10 Å². The molecule has 0 aromatic carbocycles. The SMILES string of the molecule is Cc1noc(C)c1CCC(=O)NCCn1nc(-n2cccn2)ccc1=O. The number of nitrogens with zero attached hydrogens (tertiary/aromatic N) is 5. The Kier molecular flexibility index (Phi) is 5.26. The molecule has 0 unspecified atom stereocenters. The molecule has 0 spiro atoms. The Morgan fingerprint density at radius 3 is 2.85 bits per heavy atom. The Bertz CT molecular complexity index is 922. The molecular weight excluding hydrogens is 336 g/mol. The van der Waals surface area contributed by atoms with Gasteiger partial charge in [0.2, 0.25) is 5.91 Å². The molecule has 9 heteroatoms. The topological polar surface area (TPSA) is 108 Å². The quantitative estimate of drug-likeness (QED) is 0.670. The van der Waals surface area contributed by atoms with Crippen LogP contribution in [0.5, 0.6) is 0 Å². The summed E-state index contributed by atoms with van der Waals surface area (Å²) in [5.41, 5.74) is 1.54. The van der Waals surface area contributed by atoms with Crippen molar-refractivity contribution < 1.29 is 9.32 Å². The van der Waals surface area contributed by atoms with Crippen molar-refractivity contribution in [2.24, 2.45) is 0 Å². The maximum Gasteiger partial charge on any atom is 0.266 e. The highest BCUT2D eigenvalue weighted by atomic mass is 16.5. The average molecular weight is 356 g/mol. The molecule has 3 heterocycles. The Labute approximate surface area is 149 Å². The number of amides is 1. The second kappa shape index (κ2) is 7.77. The zero-order chi connectivity index (χ0) is 18.5. The maximum absolute atomic E-state index is 12.0. The smallest absolute Gasteiger partial charge is 0.266 e. The summed E-state index contributed by atoms with van der Waals surface area (Å²) in [5, 5.41) is 15.0. The van der Waals surface area contributed by atoms with Gasteiger partial charge in [-0.05, 0) is 32.4 Å². The van der Waals surface area contributed by atoms with Crippen LogP contribution in [0.15, 0.2) is 39.9 Å². The molecule has 1 N–H and O–H groups in total. The van der Waals surface area contributed by atoms with Crippen LogP contribution in [0, 0.1) is 13.8 Å². The molecule has 1 amide bonds. The van der Waals surface area contributed by atoms with Gasteiger partial charge in [-0.1, -0.05) is 5.16 Å². The van der Waals surface area contributed by atoms with E-state index in [0.717, 1.165) is 17.0 Å². The highest BCUT2D eigenvalue weighted by Crippen LogP contribution is 2.14. The summed E-state index contributed by atoms with van der Waals surface area (Å²) in [6.45, 7) is 4.28. The number of nitrogens with one attached hydrogen (secondary N) is 1. The molecular formula is C17H20N6O3. The van der Waals surface area contributed by atoms with Gasteiger partial charge in [0.1, 0.15) is 5.76 Å². The Morgan fingerprint density at radius 2 is 2.15 bits per heavy atom. The van der Waals surface area contributed by atoms with Crippen LogP contribution in [0.1, 0.15) is 23.4 Å². The second-order valence-corrected chi connectivity index (χ2v) is 5.86. The van der Waals surface area contributed by atoms with Gasteiger partial charge >= 0.3 is 0 Å². The van der Waals surface area contributed by atoms with E-state index in [9.17, 15) is 9.59 Å². The summed E-state index contributed by atoms with van der Waals surface area (Å²) < 4.78 is 7.97. The van der Waals surface area contributed by atoms with Gasteiger partial charge in [0.25, 0.3) is 5.56 Å². The molecule has 3 rings (SSSR count). The van der Waals surface area contributed by atoms with Crippen LogP contribution in [-0.2, 0) is 17.8 Å². The minimum absolute atomic E-state index is 0.0960. The van der Waals surface area contributed by atoms with Gasteiger partial charge in [0, 0.05) is 37.0 Å². The van der Waals surface area contributed by atoms with E-state index < -0.39 is 0 Å². The third-order valence-corrected chi connectivity index (χ3v) is 4.02. The van der Waals surface area contributed by atoms with E-state index in [-0.39, 0.29) is 18.0 Å². The first kappa shape index (κ1) is 17.6. The van der Waals surface area contributed by atoms with E-state index in [1.807, 2.05) is 13.8 Å². The fraction of sp³-hybridized carbons (Fsp3) is 0.353. The summed E-state index contributed by atoms with van der Waals surface area (Å²) >= 11 is 0. The van der Waals surface area contributed by atoms with Crippen LogP contribution < -0.4 is 10.9 Å². The highest BCUT2D eigenvalue weighted by Gasteiger charge is 2.11. The monoisotopic (exact) mass is 356 g/mol. The van der Waals surface area contributed by atoms with Crippen LogP contribution >= 0.6 is 0 Å². The maximum atomic E-state index is 12.0. The third-order valence-electron chi connectivity index (χ3n) is 4.02. The third kappa shape index (κ3) is 4.05. The van der Waals surface area contributed by atoms with Crippen molar-refractivity contribution >= 4 is 5.91 Å². The summed E-state index contributed by atoms with van der Waals surface area (Å²) in [6, 6.07) is 4.81. The van der Waals surface area contributed by atoms with E-state index in [4.69, 9.17) is 4.52 Å². The molecule has 3 aromatic heterocycles. The molecule has 3 aromatic rings. The molecule has 0 fully saturated rings. The molecule has 0 atom stereocenters. The molecule has 0 saturated carbocycles. The molecule has 0 saturated heterocycles. The van der Waals surface area contributed by atoms with Gasteiger partial charge in [-0.15, -0.1) is 5.10 Å². The van der Waals surface area contributed by atoms with Crippen molar-refractivity contribution in [2.75, 3.05) is 6.54 Å². The van der Waals surface area contributed by atoms with E-state index in [1.54, 1.807) is 29.2 Å². The van der Waals surface area contributed by atoms with E-state index in [1.165, 1.54) is 10.7 Å². The Balaban J connectivity index is 1.52. The van der Waals surface area contributed by atoms with Crippen LogP contribution in [0.3, 0.4) is 0 Å². The van der Waals surface area contributed by atoms with Crippen molar-refractivity contribution in [1.82, 2.24) is 30.0 Å². The number of carbonyl (C=O) groups is 1. The van der Waals surface area contributed by atoms with Gasteiger partial charge in [-0.3, -0.25) is 9.59 Å². The minimum atomic E-state index is -0.231. The van der Waals surface area contributed by atoms with Gasteiger partial charge in [0.15, 0.2) is 5.82 Å². The summed E-state index contributed by atoms with van der Waals surface area (Å²) in [7, 11) is 0. The predicted molar refractivity (Wildman–Crippen MR) is 92.9 cm³/mol. The van der Waals surface area contributed by atoms with Crippen LogP contribution in [0.4, 0.5) is 0 Å². The Hall–Kier alpha value is -3.23. The molecule has 0 aliphatic heterocycles. The van der Waals surface area contributed by atoms with Crippen LogP contribution in [0.2, 0.25) is 0 Å². The van der Waals surface area contributed by atoms with Crippen molar-refractivity contribution in [3.8, 4) is 5.82 Å². The number of aromatic nitrogens is 5. The van der Waals surface area contributed by atoms with Crippen LogP contribution in [0.25, 0.3) is 5.82 Å². The van der Waals surface area contributed by atoms with E-state index in [2.05, 4.69) is 20.7 Å². The zero-order valence-corrected chi connectivity index (χ0v) is 14.7. The number of hydrogen-bond acceptors (Lipinski definition) is 6.